The van der Waals surface area contributed by atoms with Crippen molar-refractivity contribution in [2.24, 2.45) is 10.8 Å². The fourth-order valence-electron chi connectivity index (χ4n) is 7.17. The molecule has 2 saturated heterocycles. The molecule has 2 fully saturated rings. The van der Waals surface area contributed by atoms with Crippen LogP contribution in [-0.4, -0.2) is 63.3 Å². The molecule has 0 unspecified atom stereocenters. The van der Waals surface area contributed by atoms with Crippen LogP contribution in [0.1, 0.15) is 70.9 Å². The Morgan fingerprint density at radius 2 is 1.76 bits per heavy atom. The number of nitrogens with one attached hydrogen (secondary N) is 3. The van der Waals surface area contributed by atoms with Crippen molar-refractivity contribution in [3.05, 3.63) is 34.5 Å². The predicted molar refractivity (Wildman–Crippen MR) is 156 cm³/mol. The molecular formula is C30H46BF2N5. The van der Waals surface area contributed by atoms with E-state index in [1.165, 1.54) is 5.70 Å². The lowest BCUT2D eigenvalue weighted by Crippen LogP contribution is -2.46. The van der Waals surface area contributed by atoms with Crippen LogP contribution in [0.2, 0.25) is 12.6 Å². The molecule has 0 atom stereocenters. The van der Waals surface area contributed by atoms with Gasteiger partial charge in [0.15, 0.2) is 6.71 Å². The van der Waals surface area contributed by atoms with Crippen molar-refractivity contribution in [2.75, 3.05) is 44.7 Å². The molecule has 8 heteroatoms. The smallest absolute Gasteiger partial charge is 0.263 e. The van der Waals surface area contributed by atoms with Crippen LogP contribution in [0, 0.1) is 16.2 Å². The summed E-state index contributed by atoms with van der Waals surface area (Å²) in [6.45, 7) is 13.7. The van der Waals surface area contributed by atoms with Gasteiger partial charge in [0.05, 0.1) is 0 Å². The van der Waals surface area contributed by atoms with Gasteiger partial charge in [0.2, 0.25) is 0 Å². The van der Waals surface area contributed by atoms with E-state index in [1.54, 1.807) is 6.07 Å². The number of aryl methyl sites for hydroxylation is 1. The number of piperidine rings is 1. The van der Waals surface area contributed by atoms with Gasteiger partial charge in [-0.25, -0.2) is 8.78 Å². The van der Waals surface area contributed by atoms with Crippen molar-refractivity contribution < 1.29 is 8.78 Å². The second-order valence-corrected chi connectivity index (χ2v) is 13.5. The molecule has 208 valence electrons. The first kappa shape index (κ1) is 27.6. The highest BCUT2D eigenvalue weighted by molar-refractivity contribution is 6.74. The van der Waals surface area contributed by atoms with Crippen LogP contribution < -0.4 is 21.0 Å². The molecule has 0 spiro atoms. The lowest BCUT2D eigenvalue weighted by Gasteiger charge is -2.38. The highest BCUT2D eigenvalue weighted by Gasteiger charge is 2.49. The summed E-state index contributed by atoms with van der Waals surface area (Å²) in [5.41, 5.74) is 5.37. The number of rotatable bonds is 5. The van der Waals surface area contributed by atoms with Crippen molar-refractivity contribution in [3.8, 4) is 0 Å². The standard InChI is InChI=1S/C30H46BF2N5/c1-29(2)18-31(19-30(29,3)4)24-15-20-7-6-13-38(26(20)16-22(24)27(32)33)28(34)23-17-37(5)14-10-25(23)36-21-8-11-35-12-9-21/h15-16,21,27,34-36H,6-14,17-19H2,1-5H3. The van der Waals surface area contributed by atoms with Gasteiger partial charge in [-0.3, -0.25) is 5.41 Å². The molecule has 4 aliphatic heterocycles. The Morgan fingerprint density at radius 1 is 1.08 bits per heavy atom. The summed E-state index contributed by atoms with van der Waals surface area (Å²) in [5.74, 6) is 0.477. The Balaban J connectivity index is 1.48. The van der Waals surface area contributed by atoms with E-state index in [-0.39, 0.29) is 23.1 Å². The van der Waals surface area contributed by atoms with Gasteiger partial charge in [-0.05, 0) is 68.3 Å². The summed E-state index contributed by atoms with van der Waals surface area (Å²) in [5, 5.41) is 16.6. The SMILES string of the molecule is CN1CCC(NC2CCNCC2)=C(C(=N)N2CCCc3cc(B4CC(C)(C)C(C)(C)C4)c(C(F)F)cc32)C1. The lowest BCUT2D eigenvalue weighted by molar-refractivity contribution is 0.152. The molecular weight excluding hydrogens is 479 g/mol. The molecule has 5 rings (SSSR count). The second-order valence-electron chi connectivity index (χ2n) is 13.5. The minimum absolute atomic E-state index is 0.110. The van der Waals surface area contributed by atoms with Crippen LogP contribution in [0.5, 0.6) is 0 Å². The molecule has 4 aliphatic rings. The van der Waals surface area contributed by atoms with Gasteiger partial charge in [-0.2, -0.15) is 0 Å². The van der Waals surface area contributed by atoms with E-state index in [4.69, 9.17) is 0 Å². The van der Waals surface area contributed by atoms with Crippen LogP contribution in [0.25, 0.3) is 0 Å². The molecule has 0 amide bonds. The maximum atomic E-state index is 14.6. The van der Waals surface area contributed by atoms with Gasteiger partial charge in [-0.15, -0.1) is 0 Å². The highest BCUT2D eigenvalue weighted by atomic mass is 19.3. The average Bonchev–Trinajstić information content (AvgIpc) is 3.10. The molecule has 38 heavy (non-hydrogen) atoms. The summed E-state index contributed by atoms with van der Waals surface area (Å²) in [6.07, 6.45) is 4.24. The molecule has 0 bridgehead atoms. The van der Waals surface area contributed by atoms with Gasteiger partial charge in [0, 0.05) is 54.6 Å². The molecule has 1 aromatic rings. The second kappa shape index (κ2) is 10.6. The third kappa shape index (κ3) is 5.27. The van der Waals surface area contributed by atoms with Gasteiger partial charge in [0.1, 0.15) is 5.84 Å². The predicted octanol–water partition coefficient (Wildman–Crippen LogP) is 5.05. The molecule has 0 saturated carbocycles. The number of hydrogen-bond donors (Lipinski definition) is 3. The number of hydrogen-bond acceptors (Lipinski definition) is 4. The van der Waals surface area contributed by atoms with Crippen LogP contribution in [0.3, 0.4) is 0 Å². The number of benzene rings is 1. The summed E-state index contributed by atoms with van der Waals surface area (Å²) in [4.78, 5) is 4.29. The first-order valence-corrected chi connectivity index (χ1v) is 14.7. The number of likely N-dealkylation sites (N-methyl/N-ethyl adjacent to an activating group) is 1. The van der Waals surface area contributed by atoms with Crippen LogP contribution in [0.4, 0.5) is 14.5 Å². The van der Waals surface area contributed by atoms with E-state index >= 15 is 0 Å². The number of nitrogens with zero attached hydrogens (tertiary/aromatic N) is 2. The Hall–Kier alpha value is -1.93. The number of anilines is 1. The third-order valence-corrected chi connectivity index (χ3v) is 10.2. The van der Waals surface area contributed by atoms with E-state index in [0.717, 1.165) is 86.7 Å². The van der Waals surface area contributed by atoms with E-state index in [0.29, 0.717) is 25.0 Å². The zero-order valence-corrected chi connectivity index (χ0v) is 24.0. The Kier molecular flexibility index (Phi) is 7.69. The number of halogens is 2. The molecule has 5 nitrogen and oxygen atoms in total. The summed E-state index contributed by atoms with van der Waals surface area (Å²) in [7, 11) is 2.10. The van der Waals surface area contributed by atoms with Gasteiger partial charge < -0.3 is 20.4 Å². The maximum Gasteiger partial charge on any atom is 0.263 e. The topological polar surface area (TPSA) is 54.4 Å². The van der Waals surface area contributed by atoms with Crippen LogP contribution in [-0.2, 0) is 6.42 Å². The first-order valence-electron chi connectivity index (χ1n) is 14.7. The maximum absolute atomic E-state index is 14.6. The Labute approximate surface area is 228 Å². The van der Waals surface area contributed by atoms with Gasteiger partial charge in [0.25, 0.3) is 6.43 Å². The Bertz CT molecular complexity index is 1080. The lowest BCUT2D eigenvalue weighted by atomic mass is 9.41. The van der Waals surface area contributed by atoms with Crippen LogP contribution in [0.15, 0.2) is 23.4 Å². The zero-order chi connectivity index (χ0) is 27.2. The van der Waals surface area contributed by atoms with Crippen molar-refractivity contribution in [2.45, 2.75) is 84.9 Å². The number of fused-ring (bicyclic) bond motifs is 1. The molecule has 3 N–H and O–H groups in total. The number of amidine groups is 1. The molecule has 4 heterocycles. The fraction of sp³-hybridized carbons (Fsp3) is 0.700. The van der Waals surface area contributed by atoms with Crippen molar-refractivity contribution in [1.82, 2.24) is 15.5 Å². The summed E-state index contributed by atoms with van der Waals surface area (Å²) < 4.78 is 29.2. The van der Waals surface area contributed by atoms with E-state index < -0.39 is 6.43 Å². The van der Waals surface area contributed by atoms with Crippen molar-refractivity contribution in [1.29, 1.82) is 5.41 Å². The van der Waals surface area contributed by atoms with Gasteiger partial charge in [-0.1, -0.05) is 51.9 Å². The molecule has 0 radical (unpaired) electrons. The van der Waals surface area contributed by atoms with E-state index in [1.807, 2.05) is 4.90 Å². The van der Waals surface area contributed by atoms with E-state index in [2.05, 4.69) is 56.3 Å². The van der Waals surface area contributed by atoms with Gasteiger partial charge >= 0.3 is 0 Å². The summed E-state index contributed by atoms with van der Waals surface area (Å²) in [6, 6.07) is 4.27. The third-order valence-electron chi connectivity index (χ3n) is 10.2. The average molecular weight is 526 g/mol. The Morgan fingerprint density at radius 3 is 2.42 bits per heavy atom. The molecule has 0 aromatic heterocycles. The van der Waals surface area contributed by atoms with E-state index in [9.17, 15) is 14.2 Å². The van der Waals surface area contributed by atoms with Crippen molar-refractivity contribution in [3.63, 3.8) is 0 Å². The summed E-state index contributed by atoms with van der Waals surface area (Å²) >= 11 is 0. The number of alkyl halides is 2. The molecule has 1 aromatic carbocycles. The zero-order valence-electron chi connectivity index (χ0n) is 24.0. The van der Waals surface area contributed by atoms with Crippen molar-refractivity contribution >= 4 is 23.7 Å². The minimum atomic E-state index is -2.52. The quantitative estimate of drug-likeness (QED) is 0.286. The largest absolute Gasteiger partial charge is 0.385 e. The minimum Gasteiger partial charge on any atom is -0.385 e. The van der Waals surface area contributed by atoms with Crippen LogP contribution >= 0.6 is 0 Å². The first-order chi connectivity index (χ1) is 18.0. The monoisotopic (exact) mass is 525 g/mol. The fourth-order valence-corrected chi connectivity index (χ4v) is 7.17. The molecule has 0 aliphatic carbocycles. The highest BCUT2D eigenvalue weighted by Crippen LogP contribution is 2.53. The normalized spacial score (nSPS) is 24.2.